The highest BCUT2D eigenvalue weighted by Crippen LogP contribution is 2.20. The third-order valence-corrected chi connectivity index (χ3v) is 4.96. The topological polar surface area (TPSA) is 86.9 Å². The number of amides is 1. The van der Waals surface area contributed by atoms with E-state index in [1.807, 2.05) is 13.0 Å². The quantitative estimate of drug-likeness (QED) is 0.442. The van der Waals surface area contributed by atoms with Gasteiger partial charge in [0, 0.05) is 32.1 Å². The van der Waals surface area contributed by atoms with Crippen LogP contribution in [0.5, 0.6) is 5.75 Å². The second kappa shape index (κ2) is 9.01. The fourth-order valence-corrected chi connectivity index (χ4v) is 3.53. The molecular formula is C23H24N4O4. The minimum Gasteiger partial charge on any atom is -0.494 e. The number of carbonyl (C=O) groups is 1. The maximum absolute atomic E-state index is 13.1. The number of hydrogen-bond acceptors (Lipinski definition) is 5. The Kier molecular flexibility index (Phi) is 5.99. The first kappa shape index (κ1) is 20.6. The molecule has 8 heteroatoms. The lowest BCUT2D eigenvalue weighted by molar-refractivity contribution is 0.101. The molecule has 31 heavy (non-hydrogen) atoms. The average molecular weight is 420 g/mol. The Hall–Kier alpha value is -3.65. The number of pyridine rings is 1. The molecule has 0 aliphatic heterocycles. The predicted octanol–water partition coefficient (Wildman–Crippen LogP) is 3.34. The van der Waals surface area contributed by atoms with Crippen LogP contribution in [-0.4, -0.2) is 40.2 Å². The van der Waals surface area contributed by atoms with E-state index in [2.05, 4.69) is 10.3 Å². The van der Waals surface area contributed by atoms with Gasteiger partial charge in [0.05, 0.1) is 12.0 Å². The van der Waals surface area contributed by atoms with E-state index in [1.165, 1.54) is 4.40 Å². The lowest BCUT2D eigenvalue weighted by atomic mass is 10.3. The number of aromatic nitrogens is 3. The number of methoxy groups -OCH3 is 1. The Labute approximate surface area is 179 Å². The number of anilines is 1. The number of nitrogens with one attached hydrogen (secondary N) is 1. The number of hydrogen-bond donors (Lipinski definition) is 1. The van der Waals surface area contributed by atoms with Gasteiger partial charge in [0.2, 0.25) is 0 Å². The summed E-state index contributed by atoms with van der Waals surface area (Å²) in [6, 6.07) is 14.1. The average Bonchev–Trinajstić information content (AvgIpc) is 3.15. The lowest BCUT2D eigenvalue weighted by Gasteiger charge is -2.11. The molecule has 0 atom stereocenters. The zero-order chi connectivity index (χ0) is 21.8. The Bertz CT molecular complexity index is 1270. The van der Waals surface area contributed by atoms with E-state index in [1.54, 1.807) is 60.3 Å². The van der Waals surface area contributed by atoms with Gasteiger partial charge in [-0.15, -0.1) is 0 Å². The van der Waals surface area contributed by atoms with E-state index in [9.17, 15) is 9.59 Å². The van der Waals surface area contributed by atoms with E-state index >= 15 is 0 Å². The summed E-state index contributed by atoms with van der Waals surface area (Å²) >= 11 is 0. The van der Waals surface area contributed by atoms with Crippen molar-refractivity contribution in [2.24, 2.45) is 0 Å². The van der Waals surface area contributed by atoms with Crippen molar-refractivity contribution in [2.45, 2.75) is 19.9 Å². The van der Waals surface area contributed by atoms with Crippen LogP contribution in [0.4, 0.5) is 5.69 Å². The normalized spacial score (nSPS) is 11.2. The number of fused-ring (bicyclic) bond motifs is 2. The number of aryl methyl sites for hydroxylation is 1. The van der Waals surface area contributed by atoms with Crippen LogP contribution in [0.25, 0.3) is 16.7 Å². The third kappa shape index (κ3) is 4.15. The number of carbonyl (C=O) groups excluding carboxylic acids is 1. The molecule has 8 nitrogen and oxygen atoms in total. The zero-order valence-corrected chi connectivity index (χ0v) is 17.5. The first-order valence-electron chi connectivity index (χ1n) is 10.2. The largest absolute Gasteiger partial charge is 0.494 e. The fourth-order valence-electron chi connectivity index (χ4n) is 3.53. The predicted molar refractivity (Wildman–Crippen MR) is 119 cm³/mol. The molecule has 160 valence electrons. The highest BCUT2D eigenvalue weighted by Gasteiger charge is 2.20. The van der Waals surface area contributed by atoms with Gasteiger partial charge in [-0.25, -0.2) is 4.98 Å². The van der Waals surface area contributed by atoms with E-state index in [0.29, 0.717) is 54.2 Å². The maximum atomic E-state index is 13.1. The van der Waals surface area contributed by atoms with Gasteiger partial charge < -0.3 is 19.4 Å². The van der Waals surface area contributed by atoms with E-state index in [4.69, 9.17) is 9.47 Å². The van der Waals surface area contributed by atoms with E-state index in [0.717, 1.165) is 5.75 Å². The van der Waals surface area contributed by atoms with Crippen LogP contribution in [0.1, 0.15) is 23.8 Å². The molecule has 3 aromatic heterocycles. The second-order valence-electron chi connectivity index (χ2n) is 7.02. The van der Waals surface area contributed by atoms with Crippen molar-refractivity contribution < 1.29 is 14.3 Å². The van der Waals surface area contributed by atoms with Gasteiger partial charge in [-0.05, 0) is 55.8 Å². The number of nitrogens with zero attached hydrogens (tertiary/aromatic N) is 3. The molecule has 3 heterocycles. The van der Waals surface area contributed by atoms with Gasteiger partial charge in [0.25, 0.3) is 11.5 Å². The van der Waals surface area contributed by atoms with Crippen molar-refractivity contribution >= 4 is 28.3 Å². The summed E-state index contributed by atoms with van der Waals surface area (Å²) in [6.07, 6.45) is 2.35. The molecule has 0 bridgehead atoms. The molecule has 0 unspecified atom stereocenters. The van der Waals surface area contributed by atoms with Gasteiger partial charge in [-0.1, -0.05) is 6.07 Å². The number of benzene rings is 1. The molecule has 0 saturated carbocycles. The van der Waals surface area contributed by atoms with E-state index in [-0.39, 0.29) is 11.5 Å². The maximum Gasteiger partial charge on any atom is 0.272 e. The highest BCUT2D eigenvalue weighted by atomic mass is 16.5. The molecular weight excluding hydrogens is 396 g/mol. The Morgan fingerprint density at radius 2 is 1.97 bits per heavy atom. The Balaban J connectivity index is 1.74. The van der Waals surface area contributed by atoms with Gasteiger partial charge >= 0.3 is 0 Å². The smallest absolute Gasteiger partial charge is 0.272 e. The summed E-state index contributed by atoms with van der Waals surface area (Å²) in [7, 11) is 1.63. The van der Waals surface area contributed by atoms with Crippen LogP contribution >= 0.6 is 0 Å². The van der Waals surface area contributed by atoms with Crippen molar-refractivity contribution in [1.82, 2.24) is 14.0 Å². The second-order valence-corrected chi connectivity index (χ2v) is 7.02. The number of ether oxygens (including phenoxy) is 2. The van der Waals surface area contributed by atoms with Gasteiger partial charge in [0.15, 0.2) is 0 Å². The van der Waals surface area contributed by atoms with Gasteiger partial charge in [0.1, 0.15) is 22.7 Å². The summed E-state index contributed by atoms with van der Waals surface area (Å²) < 4.78 is 13.9. The van der Waals surface area contributed by atoms with Gasteiger partial charge in [-0.2, -0.15) is 0 Å². The van der Waals surface area contributed by atoms with Crippen molar-refractivity contribution in [3.05, 3.63) is 70.8 Å². The molecule has 0 aliphatic rings. The van der Waals surface area contributed by atoms with Crippen LogP contribution in [0.2, 0.25) is 0 Å². The molecule has 1 aromatic carbocycles. The Morgan fingerprint density at radius 3 is 2.71 bits per heavy atom. The monoisotopic (exact) mass is 420 g/mol. The van der Waals surface area contributed by atoms with Crippen LogP contribution in [-0.2, 0) is 11.3 Å². The van der Waals surface area contributed by atoms with Crippen molar-refractivity contribution in [2.75, 3.05) is 25.6 Å². The van der Waals surface area contributed by atoms with Crippen molar-refractivity contribution in [3.8, 4) is 5.75 Å². The number of rotatable bonds is 8. The fraction of sp³-hybridized carbons (Fsp3) is 0.261. The first-order chi connectivity index (χ1) is 15.1. The summed E-state index contributed by atoms with van der Waals surface area (Å²) in [5.74, 6) is 0.422. The van der Waals surface area contributed by atoms with Gasteiger partial charge in [-0.3, -0.25) is 14.0 Å². The molecule has 4 aromatic rings. The van der Waals surface area contributed by atoms with Crippen LogP contribution < -0.4 is 15.6 Å². The van der Waals surface area contributed by atoms with Crippen LogP contribution in [0, 0.1) is 0 Å². The Morgan fingerprint density at radius 1 is 1.16 bits per heavy atom. The highest BCUT2D eigenvalue weighted by molar-refractivity contribution is 6.06. The molecule has 4 rings (SSSR count). The molecule has 0 aliphatic carbocycles. The molecule has 0 saturated heterocycles. The zero-order valence-electron chi connectivity index (χ0n) is 17.5. The first-order valence-corrected chi connectivity index (χ1v) is 10.2. The lowest BCUT2D eigenvalue weighted by Crippen LogP contribution is -2.18. The molecule has 0 fully saturated rings. The summed E-state index contributed by atoms with van der Waals surface area (Å²) in [4.78, 5) is 30.8. The van der Waals surface area contributed by atoms with E-state index < -0.39 is 0 Å². The van der Waals surface area contributed by atoms with Crippen molar-refractivity contribution in [1.29, 1.82) is 0 Å². The summed E-state index contributed by atoms with van der Waals surface area (Å²) in [5.41, 5.74) is 1.83. The third-order valence-electron chi connectivity index (χ3n) is 4.96. The molecule has 0 radical (unpaired) electrons. The SMILES string of the molecule is CCOc1ccc(NC(=O)c2cc3c(=O)n4ccccc4nc3n2CCCOC)cc1. The molecule has 1 amide bonds. The summed E-state index contributed by atoms with van der Waals surface area (Å²) in [5, 5.41) is 3.30. The standard InChI is InChI=1S/C23H24N4O4/c1-3-31-17-10-8-16(9-11-17)24-22(28)19-15-18-21(26(19)13-6-14-30-2)25-20-7-4-5-12-27(20)23(18)29/h4-5,7-12,15H,3,6,13-14H2,1-2H3,(H,24,28). The minimum atomic E-state index is -0.312. The van der Waals surface area contributed by atoms with Crippen molar-refractivity contribution in [3.63, 3.8) is 0 Å². The summed E-state index contributed by atoms with van der Waals surface area (Å²) in [6.45, 7) is 3.52. The molecule has 1 N–H and O–H groups in total. The van der Waals surface area contributed by atoms with Crippen LogP contribution in [0.15, 0.2) is 59.5 Å². The molecule has 0 spiro atoms. The van der Waals surface area contributed by atoms with Crippen LogP contribution in [0.3, 0.4) is 0 Å². The minimum absolute atomic E-state index is 0.207.